The Balaban J connectivity index is 1.49. The Kier molecular flexibility index (Phi) is 6.49. The van der Waals surface area contributed by atoms with Gasteiger partial charge in [-0.3, -0.25) is 14.4 Å². The molecule has 1 heterocycles. The van der Waals surface area contributed by atoms with Gasteiger partial charge < -0.3 is 20.1 Å². The summed E-state index contributed by atoms with van der Waals surface area (Å²) >= 11 is 0. The first-order valence-corrected chi connectivity index (χ1v) is 9.58. The maximum absolute atomic E-state index is 12.5. The summed E-state index contributed by atoms with van der Waals surface area (Å²) in [6.45, 7) is 2.98. The number of benzene rings is 2. The molecule has 1 aliphatic heterocycles. The van der Waals surface area contributed by atoms with Crippen molar-refractivity contribution < 1.29 is 24.2 Å². The Bertz CT molecular complexity index is 904. The molecule has 0 aromatic heterocycles. The van der Waals surface area contributed by atoms with Crippen LogP contribution in [0, 0.1) is 5.92 Å². The van der Waals surface area contributed by atoms with Gasteiger partial charge in [0, 0.05) is 32.1 Å². The first-order chi connectivity index (χ1) is 13.9. The standard InChI is InChI=1S/C22H24N2O5/c1-15(25)29-18-6-4-5-17(13-18)21(27)23-14-16-9-11-24(12-10-16)22(28)19-7-2-3-8-20(19)26/h2-8,13,16,26H,9-12,14H2,1H3,(H,23,27). The minimum Gasteiger partial charge on any atom is -0.507 e. The monoisotopic (exact) mass is 396 g/mol. The van der Waals surface area contributed by atoms with Crippen molar-refractivity contribution in [2.45, 2.75) is 19.8 Å². The van der Waals surface area contributed by atoms with Gasteiger partial charge in [0.15, 0.2) is 0 Å². The molecule has 2 aromatic rings. The van der Waals surface area contributed by atoms with Gasteiger partial charge >= 0.3 is 5.97 Å². The number of carbonyl (C=O) groups excluding carboxylic acids is 3. The van der Waals surface area contributed by atoms with Gasteiger partial charge in [-0.05, 0) is 49.1 Å². The van der Waals surface area contributed by atoms with Crippen molar-refractivity contribution in [3.05, 3.63) is 59.7 Å². The summed E-state index contributed by atoms with van der Waals surface area (Å²) in [4.78, 5) is 37.7. The maximum atomic E-state index is 12.5. The van der Waals surface area contributed by atoms with Gasteiger partial charge in [0.2, 0.25) is 0 Å². The second kappa shape index (κ2) is 9.23. The Morgan fingerprint density at radius 3 is 2.52 bits per heavy atom. The minimum atomic E-state index is -0.437. The molecule has 7 nitrogen and oxygen atoms in total. The lowest BCUT2D eigenvalue weighted by Crippen LogP contribution is -2.41. The number of rotatable bonds is 5. The summed E-state index contributed by atoms with van der Waals surface area (Å²) < 4.78 is 5.00. The smallest absolute Gasteiger partial charge is 0.308 e. The number of likely N-dealkylation sites (tertiary alicyclic amines) is 1. The highest BCUT2D eigenvalue weighted by Gasteiger charge is 2.25. The summed E-state index contributed by atoms with van der Waals surface area (Å²) in [5.41, 5.74) is 0.739. The average molecular weight is 396 g/mol. The molecule has 0 unspecified atom stereocenters. The van der Waals surface area contributed by atoms with Crippen LogP contribution in [0.3, 0.4) is 0 Å². The highest BCUT2D eigenvalue weighted by molar-refractivity contribution is 5.97. The van der Waals surface area contributed by atoms with Crippen molar-refractivity contribution in [2.75, 3.05) is 19.6 Å². The number of para-hydroxylation sites is 1. The third kappa shape index (κ3) is 5.34. The van der Waals surface area contributed by atoms with Crippen LogP contribution in [0.25, 0.3) is 0 Å². The van der Waals surface area contributed by atoms with E-state index >= 15 is 0 Å². The first kappa shape index (κ1) is 20.4. The fourth-order valence-corrected chi connectivity index (χ4v) is 3.37. The molecule has 1 aliphatic rings. The minimum absolute atomic E-state index is 0.0112. The molecule has 1 fully saturated rings. The molecular formula is C22H24N2O5. The topological polar surface area (TPSA) is 95.9 Å². The Morgan fingerprint density at radius 2 is 1.83 bits per heavy atom. The van der Waals surface area contributed by atoms with E-state index in [1.54, 1.807) is 41.3 Å². The largest absolute Gasteiger partial charge is 0.507 e. The van der Waals surface area contributed by atoms with Crippen molar-refractivity contribution in [3.63, 3.8) is 0 Å². The number of hydrogen-bond donors (Lipinski definition) is 2. The normalized spacial score (nSPS) is 14.3. The highest BCUT2D eigenvalue weighted by atomic mass is 16.5. The summed E-state index contributed by atoms with van der Waals surface area (Å²) in [5, 5.41) is 12.8. The number of carbonyl (C=O) groups is 3. The molecule has 1 saturated heterocycles. The maximum Gasteiger partial charge on any atom is 0.308 e. The third-order valence-electron chi connectivity index (χ3n) is 4.95. The summed E-state index contributed by atoms with van der Waals surface area (Å²) in [6.07, 6.45) is 1.54. The molecule has 7 heteroatoms. The van der Waals surface area contributed by atoms with Gasteiger partial charge in [0.1, 0.15) is 11.5 Å². The lowest BCUT2D eigenvalue weighted by atomic mass is 9.96. The molecule has 0 aliphatic carbocycles. The van der Waals surface area contributed by atoms with E-state index in [0.29, 0.717) is 36.5 Å². The average Bonchev–Trinajstić information content (AvgIpc) is 2.72. The number of amides is 2. The van der Waals surface area contributed by atoms with Crippen molar-refractivity contribution >= 4 is 17.8 Å². The lowest BCUT2D eigenvalue weighted by molar-refractivity contribution is -0.131. The van der Waals surface area contributed by atoms with Gasteiger partial charge in [0.25, 0.3) is 11.8 Å². The van der Waals surface area contributed by atoms with E-state index in [1.165, 1.54) is 19.1 Å². The molecule has 2 amide bonds. The lowest BCUT2D eigenvalue weighted by Gasteiger charge is -2.32. The number of aromatic hydroxyl groups is 1. The second-order valence-corrected chi connectivity index (χ2v) is 7.08. The Morgan fingerprint density at radius 1 is 1.10 bits per heavy atom. The van der Waals surface area contributed by atoms with Crippen molar-refractivity contribution in [1.82, 2.24) is 10.2 Å². The van der Waals surface area contributed by atoms with E-state index < -0.39 is 5.97 Å². The molecule has 0 atom stereocenters. The van der Waals surface area contributed by atoms with Crippen LogP contribution in [0.4, 0.5) is 0 Å². The van der Waals surface area contributed by atoms with E-state index in [-0.39, 0.29) is 23.5 Å². The molecule has 29 heavy (non-hydrogen) atoms. The number of esters is 1. The van der Waals surface area contributed by atoms with E-state index in [4.69, 9.17) is 4.74 Å². The van der Waals surface area contributed by atoms with Gasteiger partial charge in [-0.1, -0.05) is 18.2 Å². The van der Waals surface area contributed by atoms with E-state index in [9.17, 15) is 19.5 Å². The van der Waals surface area contributed by atoms with Gasteiger partial charge in [-0.2, -0.15) is 0 Å². The van der Waals surface area contributed by atoms with E-state index in [2.05, 4.69) is 5.32 Å². The predicted molar refractivity (Wildman–Crippen MR) is 107 cm³/mol. The number of nitrogens with one attached hydrogen (secondary N) is 1. The van der Waals surface area contributed by atoms with E-state index in [0.717, 1.165) is 12.8 Å². The molecule has 0 saturated carbocycles. The van der Waals surface area contributed by atoms with Crippen LogP contribution in [-0.2, 0) is 4.79 Å². The molecule has 0 radical (unpaired) electrons. The van der Waals surface area contributed by atoms with Crippen molar-refractivity contribution in [1.29, 1.82) is 0 Å². The summed E-state index contributed by atoms with van der Waals surface area (Å²) in [6, 6.07) is 13.0. The fourth-order valence-electron chi connectivity index (χ4n) is 3.37. The van der Waals surface area contributed by atoms with E-state index in [1.807, 2.05) is 0 Å². The Labute approximate surface area is 169 Å². The van der Waals surface area contributed by atoms with Crippen molar-refractivity contribution in [2.24, 2.45) is 5.92 Å². The van der Waals surface area contributed by atoms with Gasteiger partial charge in [-0.15, -0.1) is 0 Å². The number of ether oxygens (including phenoxy) is 1. The molecule has 0 spiro atoms. The second-order valence-electron chi connectivity index (χ2n) is 7.08. The predicted octanol–water partition coefficient (Wildman–Crippen LogP) is 2.60. The van der Waals surface area contributed by atoms with Crippen LogP contribution in [0.1, 0.15) is 40.5 Å². The number of phenols is 1. The number of phenolic OH excluding ortho intramolecular Hbond substituents is 1. The van der Waals surface area contributed by atoms with Crippen molar-refractivity contribution in [3.8, 4) is 11.5 Å². The number of piperidine rings is 1. The number of hydrogen-bond acceptors (Lipinski definition) is 5. The van der Waals surface area contributed by atoms with Crippen LogP contribution >= 0.6 is 0 Å². The highest BCUT2D eigenvalue weighted by Crippen LogP contribution is 2.22. The SMILES string of the molecule is CC(=O)Oc1cccc(C(=O)NCC2CCN(C(=O)c3ccccc3O)CC2)c1. The zero-order chi connectivity index (χ0) is 20.8. The zero-order valence-corrected chi connectivity index (χ0v) is 16.3. The molecule has 2 aromatic carbocycles. The van der Waals surface area contributed by atoms with Crippen LogP contribution in [0.5, 0.6) is 11.5 Å². The molecular weight excluding hydrogens is 372 g/mol. The Hall–Kier alpha value is -3.35. The molecule has 2 N–H and O–H groups in total. The molecule has 152 valence electrons. The third-order valence-corrected chi connectivity index (χ3v) is 4.95. The summed E-state index contributed by atoms with van der Waals surface area (Å²) in [7, 11) is 0. The van der Waals surface area contributed by atoms with Gasteiger partial charge in [-0.25, -0.2) is 0 Å². The molecule has 0 bridgehead atoms. The number of nitrogens with zero attached hydrogens (tertiary/aromatic N) is 1. The van der Waals surface area contributed by atoms with Gasteiger partial charge in [0.05, 0.1) is 5.56 Å². The quantitative estimate of drug-likeness (QED) is 0.598. The van der Waals surface area contributed by atoms with Crippen LogP contribution in [0.15, 0.2) is 48.5 Å². The summed E-state index contributed by atoms with van der Waals surface area (Å²) in [5.74, 6) is -0.250. The fraction of sp³-hybridized carbons (Fsp3) is 0.318. The van der Waals surface area contributed by atoms with Crippen LogP contribution in [-0.4, -0.2) is 47.4 Å². The van der Waals surface area contributed by atoms with Crippen LogP contribution < -0.4 is 10.1 Å². The van der Waals surface area contributed by atoms with Crippen LogP contribution in [0.2, 0.25) is 0 Å². The molecule has 3 rings (SSSR count). The zero-order valence-electron chi connectivity index (χ0n) is 16.3. The first-order valence-electron chi connectivity index (χ1n) is 9.58.